The number of rotatable bonds is 4. The van der Waals surface area contributed by atoms with Crippen LogP contribution in [0.4, 0.5) is 0 Å². The lowest BCUT2D eigenvalue weighted by Crippen LogP contribution is -2.36. The maximum atomic E-state index is 11.0. The van der Waals surface area contributed by atoms with Crippen molar-refractivity contribution in [1.29, 1.82) is 0 Å². The molecule has 3 nitrogen and oxygen atoms in total. The third kappa shape index (κ3) is 3.98. The number of hydrogen-bond acceptors (Lipinski definition) is 2. The van der Waals surface area contributed by atoms with Crippen LogP contribution < -0.4 is 5.73 Å². The molecule has 11 heavy (non-hydrogen) atoms. The lowest BCUT2D eigenvalue weighted by atomic mass is 10.3. The molecule has 0 aromatic rings. The lowest BCUT2D eigenvalue weighted by molar-refractivity contribution is -0.130. The fourth-order valence-electron chi connectivity index (χ4n) is 1.04. The maximum Gasteiger partial charge on any atom is 0.219 e. The van der Waals surface area contributed by atoms with Crippen LogP contribution >= 0.6 is 0 Å². The maximum absolute atomic E-state index is 11.0. The van der Waals surface area contributed by atoms with E-state index in [2.05, 4.69) is 0 Å². The second-order valence-electron chi connectivity index (χ2n) is 2.95. The van der Waals surface area contributed by atoms with E-state index in [1.54, 1.807) is 6.92 Å². The first-order chi connectivity index (χ1) is 5.09. The zero-order valence-electron chi connectivity index (χ0n) is 7.63. The van der Waals surface area contributed by atoms with Gasteiger partial charge in [-0.05, 0) is 26.8 Å². The van der Waals surface area contributed by atoms with Gasteiger partial charge in [-0.25, -0.2) is 0 Å². The van der Waals surface area contributed by atoms with Crippen molar-refractivity contribution in [2.24, 2.45) is 5.73 Å². The minimum atomic E-state index is 0.133. The molecule has 1 amide bonds. The van der Waals surface area contributed by atoms with Gasteiger partial charge in [0.1, 0.15) is 0 Å². The van der Waals surface area contributed by atoms with Crippen LogP contribution in [0.25, 0.3) is 0 Å². The first-order valence-corrected chi connectivity index (χ1v) is 4.07. The van der Waals surface area contributed by atoms with Crippen molar-refractivity contribution in [3.8, 4) is 0 Å². The molecular weight excluding hydrogens is 140 g/mol. The third-order valence-corrected chi connectivity index (χ3v) is 1.63. The SMILES string of the molecule is CC(=O)N(CCCN)C(C)C. The van der Waals surface area contributed by atoms with Gasteiger partial charge in [-0.15, -0.1) is 0 Å². The highest BCUT2D eigenvalue weighted by Gasteiger charge is 2.10. The zero-order valence-corrected chi connectivity index (χ0v) is 7.63. The Morgan fingerprint density at radius 3 is 2.36 bits per heavy atom. The smallest absolute Gasteiger partial charge is 0.219 e. The van der Waals surface area contributed by atoms with E-state index in [4.69, 9.17) is 5.73 Å². The average molecular weight is 158 g/mol. The summed E-state index contributed by atoms with van der Waals surface area (Å²) >= 11 is 0. The average Bonchev–Trinajstić information content (AvgIpc) is 1.87. The van der Waals surface area contributed by atoms with Crippen LogP contribution in [0.5, 0.6) is 0 Å². The van der Waals surface area contributed by atoms with E-state index in [1.165, 1.54) is 0 Å². The predicted molar refractivity (Wildman–Crippen MR) is 46.2 cm³/mol. The first kappa shape index (κ1) is 10.4. The van der Waals surface area contributed by atoms with Crippen molar-refractivity contribution >= 4 is 5.91 Å². The van der Waals surface area contributed by atoms with Gasteiger partial charge in [0.25, 0.3) is 0 Å². The van der Waals surface area contributed by atoms with Gasteiger partial charge in [0, 0.05) is 19.5 Å². The monoisotopic (exact) mass is 158 g/mol. The third-order valence-electron chi connectivity index (χ3n) is 1.63. The van der Waals surface area contributed by atoms with E-state index in [0.29, 0.717) is 12.6 Å². The summed E-state index contributed by atoms with van der Waals surface area (Å²) < 4.78 is 0. The number of amides is 1. The van der Waals surface area contributed by atoms with Crippen molar-refractivity contribution in [2.75, 3.05) is 13.1 Å². The van der Waals surface area contributed by atoms with Crippen LogP contribution in [0.3, 0.4) is 0 Å². The molecule has 0 saturated carbocycles. The van der Waals surface area contributed by atoms with E-state index in [1.807, 2.05) is 18.7 Å². The summed E-state index contributed by atoms with van der Waals surface area (Å²) in [5.74, 6) is 0.133. The van der Waals surface area contributed by atoms with Crippen LogP contribution in [0.2, 0.25) is 0 Å². The van der Waals surface area contributed by atoms with Gasteiger partial charge in [-0.1, -0.05) is 0 Å². The molecule has 0 aromatic heterocycles. The van der Waals surface area contributed by atoms with E-state index in [9.17, 15) is 4.79 Å². The second kappa shape index (κ2) is 5.13. The Bertz CT molecular complexity index is 123. The van der Waals surface area contributed by atoms with E-state index >= 15 is 0 Å². The normalized spacial score (nSPS) is 10.3. The molecule has 0 spiro atoms. The molecule has 0 aromatic carbocycles. The fraction of sp³-hybridized carbons (Fsp3) is 0.875. The molecular formula is C8H18N2O. The minimum Gasteiger partial charge on any atom is -0.340 e. The van der Waals surface area contributed by atoms with E-state index < -0.39 is 0 Å². The van der Waals surface area contributed by atoms with Crippen molar-refractivity contribution in [1.82, 2.24) is 4.90 Å². The molecule has 0 bridgehead atoms. The quantitative estimate of drug-likeness (QED) is 0.651. The summed E-state index contributed by atoms with van der Waals surface area (Å²) in [6, 6.07) is 0.291. The summed E-state index contributed by atoms with van der Waals surface area (Å²) in [6.45, 7) is 7.05. The molecule has 0 fully saturated rings. The summed E-state index contributed by atoms with van der Waals surface area (Å²) in [4.78, 5) is 12.8. The number of nitrogens with zero attached hydrogens (tertiary/aromatic N) is 1. The lowest BCUT2D eigenvalue weighted by Gasteiger charge is -2.24. The molecule has 66 valence electrons. The molecule has 2 N–H and O–H groups in total. The van der Waals surface area contributed by atoms with Gasteiger partial charge in [0.2, 0.25) is 5.91 Å². The summed E-state index contributed by atoms with van der Waals surface area (Å²) in [5, 5.41) is 0. The molecule has 0 aliphatic heterocycles. The highest BCUT2D eigenvalue weighted by molar-refractivity contribution is 5.73. The van der Waals surface area contributed by atoms with Crippen molar-refractivity contribution in [2.45, 2.75) is 33.2 Å². The van der Waals surface area contributed by atoms with Gasteiger partial charge >= 0.3 is 0 Å². The molecule has 3 heteroatoms. The zero-order chi connectivity index (χ0) is 8.85. The molecule has 0 rings (SSSR count). The first-order valence-electron chi connectivity index (χ1n) is 4.07. The summed E-state index contributed by atoms with van der Waals surface area (Å²) in [6.07, 6.45) is 0.887. The van der Waals surface area contributed by atoms with Gasteiger partial charge in [-0.3, -0.25) is 4.79 Å². The van der Waals surface area contributed by atoms with E-state index in [0.717, 1.165) is 13.0 Å². The Kier molecular flexibility index (Phi) is 4.86. The molecule has 0 atom stereocenters. The molecule has 0 unspecified atom stereocenters. The number of nitrogens with two attached hydrogens (primary N) is 1. The van der Waals surface area contributed by atoms with Crippen molar-refractivity contribution in [3.63, 3.8) is 0 Å². The number of carbonyl (C=O) groups excluding carboxylic acids is 1. The van der Waals surface area contributed by atoms with Crippen LogP contribution in [-0.4, -0.2) is 29.9 Å². The molecule has 0 heterocycles. The summed E-state index contributed by atoms with van der Waals surface area (Å²) in [5.41, 5.74) is 5.34. The summed E-state index contributed by atoms with van der Waals surface area (Å²) in [7, 11) is 0. The molecule has 0 radical (unpaired) electrons. The Hall–Kier alpha value is -0.570. The largest absolute Gasteiger partial charge is 0.340 e. The Morgan fingerprint density at radius 1 is 1.55 bits per heavy atom. The van der Waals surface area contributed by atoms with Gasteiger partial charge in [-0.2, -0.15) is 0 Å². The van der Waals surface area contributed by atoms with Crippen molar-refractivity contribution < 1.29 is 4.79 Å². The van der Waals surface area contributed by atoms with Crippen molar-refractivity contribution in [3.05, 3.63) is 0 Å². The van der Waals surface area contributed by atoms with Gasteiger partial charge in [0.15, 0.2) is 0 Å². The standard InChI is InChI=1S/C8H18N2O/c1-7(2)10(8(3)11)6-4-5-9/h7H,4-6,9H2,1-3H3. The van der Waals surface area contributed by atoms with Crippen LogP contribution in [0, 0.1) is 0 Å². The second-order valence-corrected chi connectivity index (χ2v) is 2.95. The number of hydrogen-bond donors (Lipinski definition) is 1. The Labute approximate surface area is 68.6 Å². The molecule has 0 aliphatic carbocycles. The minimum absolute atomic E-state index is 0.133. The molecule has 0 saturated heterocycles. The molecule has 0 aliphatic rings. The Morgan fingerprint density at radius 2 is 2.09 bits per heavy atom. The van der Waals surface area contributed by atoms with Gasteiger partial charge < -0.3 is 10.6 Å². The predicted octanol–water partition coefficient (Wildman–Crippen LogP) is 0.592. The van der Waals surface area contributed by atoms with Crippen LogP contribution in [0.1, 0.15) is 27.2 Å². The highest BCUT2D eigenvalue weighted by Crippen LogP contribution is 1.99. The van der Waals surface area contributed by atoms with Crippen LogP contribution in [0.15, 0.2) is 0 Å². The topological polar surface area (TPSA) is 46.3 Å². The van der Waals surface area contributed by atoms with Crippen LogP contribution in [-0.2, 0) is 4.79 Å². The van der Waals surface area contributed by atoms with Gasteiger partial charge in [0.05, 0.1) is 0 Å². The number of carbonyl (C=O) groups is 1. The Balaban J connectivity index is 3.80. The fourth-order valence-corrected chi connectivity index (χ4v) is 1.04. The highest BCUT2D eigenvalue weighted by atomic mass is 16.2. The van der Waals surface area contributed by atoms with E-state index in [-0.39, 0.29) is 5.91 Å².